The second kappa shape index (κ2) is 6.45. The summed E-state index contributed by atoms with van der Waals surface area (Å²) in [6.45, 7) is 1.65. The van der Waals surface area contributed by atoms with Crippen molar-refractivity contribution in [3.8, 4) is 0 Å². The van der Waals surface area contributed by atoms with Gasteiger partial charge in [-0.25, -0.2) is 4.39 Å². The van der Waals surface area contributed by atoms with Gasteiger partial charge in [-0.3, -0.25) is 9.59 Å². The second-order valence-electron chi connectivity index (χ2n) is 5.16. The van der Waals surface area contributed by atoms with Gasteiger partial charge in [-0.1, -0.05) is 5.16 Å². The van der Waals surface area contributed by atoms with Crippen LogP contribution < -0.4 is 5.32 Å². The van der Waals surface area contributed by atoms with Crippen molar-refractivity contribution in [1.29, 1.82) is 0 Å². The van der Waals surface area contributed by atoms with Crippen LogP contribution in [0.5, 0.6) is 0 Å². The third-order valence-corrected chi connectivity index (χ3v) is 3.51. The van der Waals surface area contributed by atoms with Gasteiger partial charge < -0.3 is 9.84 Å². The highest BCUT2D eigenvalue weighted by Crippen LogP contribution is 2.16. The molecule has 1 N–H and O–H groups in total. The first-order valence-corrected chi connectivity index (χ1v) is 7.17. The van der Waals surface area contributed by atoms with Gasteiger partial charge >= 0.3 is 0 Å². The highest BCUT2D eigenvalue weighted by atomic mass is 19.1. The van der Waals surface area contributed by atoms with E-state index in [1.165, 1.54) is 30.5 Å². The number of aromatic nitrogens is 1. The molecule has 0 unspecified atom stereocenters. The van der Waals surface area contributed by atoms with Crippen molar-refractivity contribution in [2.75, 3.05) is 5.32 Å². The molecule has 0 radical (unpaired) electrons. The van der Waals surface area contributed by atoms with Crippen LogP contribution in [0.4, 0.5) is 10.1 Å². The minimum atomic E-state index is -0.395. The molecule has 0 saturated carbocycles. The lowest BCUT2D eigenvalue weighted by molar-refractivity contribution is 0.102. The molecule has 0 atom stereocenters. The summed E-state index contributed by atoms with van der Waals surface area (Å²) in [6, 6.07) is 11.8. The predicted octanol–water partition coefficient (Wildman–Crippen LogP) is 3.61. The Bertz CT molecular complexity index is 883. The molecule has 3 aromatic rings. The van der Waals surface area contributed by atoms with Gasteiger partial charge in [-0.2, -0.15) is 0 Å². The van der Waals surface area contributed by atoms with E-state index in [1.54, 1.807) is 31.2 Å². The maximum Gasteiger partial charge on any atom is 0.260 e. The molecule has 1 heterocycles. The first-order chi connectivity index (χ1) is 11.5. The minimum absolute atomic E-state index is 0.220. The first-order valence-electron chi connectivity index (χ1n) is 7.17. The SMILES string of the molecule is Cc1oncc1C(=O)Nc1ccc(C(=O)c2ccc(F)cc2)cc1. The van der Waals surface area contributed by atoms with Crippen molar-refractivity contribution in [3.63, 3.8) is 0 Å². The number of halogens is 1. The monoisotopic (exact) mass is 324 g/mol. The third-order valence-electron chi connectivity index (χ3n) is 3.51. The van der Waals surface area contributed by atoms with Crippen molar-refractivity contribution in [2.45, 2.75) is 6.92 Å². The van der Waals surface area contributed by atoms with E-state index in [0.717, 1.165) is 0 Å². The fourth-order valence-electron chi connectivity index (χ4n) is 2.19. The van der Waals surface area contributed by atoms with Crippen LogP contribution in [0.25, 0.3) is 0 Å². The number of hydrogen-bond donors (Lipinski definition) is 1. The number of benzene rings is 2. The molecule has 120 valence electrons. The smallest absolute Gasteiger partial charge is 0.260 e. The fourth-order valence-corrected chi connectivity index (χ4v) is 2.19. The molecule has 0 fully saturated rings. The predicted molar refractivity (Wildman–Crippen MR) is 85.5 cm³/mol. The van der Waals surface area contributed by atoms with Crippen molar-refractivity contribution >= 4 is 17.4 Å². The quantitative estimate of drug-likeness (QED) is 0.744. The lowest BCUT2D eigenvalue weighted by Crippen LogP contribution is -2.12. The summed E-state index contributed by atoms with van der Waals surface area (Å²) in [5.74, 6) is -0.529. The van der Waals surface area contributed by atoms with Crippen molar-refractivity contribution in [2.24, 2.45) is 0 Å². The molecule has 5 nitrogen and oxygen atoms in total. The number of nitrogens with zero attached hydrogens (tertiary/aromatic N) is 1. The number of anilines is 1. The van der Waals surface area contributed by atoms with Crippen LogP contribution in [0.2, 0.25) is 0 Å². The van der Waals surface area contributed by atoms with Crippen molar-refractivity contribution < 1.29 is 18.5 Å². The number of amides is 1. The Morgan fingerprint density at radius 3 is 2.12 bits per heavy atom. The van der Waals surface area contributed by atoms with Crippen LogP contribution in [0.15, 0.2) is 59.3 Å². The van der Waals surface area contributed by atoms with Gasteiger partial charge in [0.25, 0.3) is 5.91 Å². The van der Waals surface area contributed by atoms with Gasteiger partial charge in [0.1, 0.15) is 17.1 Å². The molecule has 2 aromatic carbocycles. The zero-order valence-electron chi connectivity index (χ0n) is 12.7. The third kappa shape index (κ3) is 3.22. The number of carbonyl (C=O) groups excluding carboxylic acids is 2. The van der Waals surface area contributed by atoms with E-state index in [-0.39, 0.29) is 11.7 Å². The summed E-state index contributed by atoms with van der Waals surface area (Å²) in [5, 5.41) is 6.25. The molecule has 3 rings (SSSR count). The summed E-state index contributed by atoms with van der Waals surface area (Å²) in [7, 11) is 0. The largest absolute Gasteiger partial charge is 0.361 e. The highest BCUT2D eigenvalue weighted by molar-refractivity contribution is 6.09. The van der Waals surface area contributed by atoms with Crippen LogP contribution >= 0.6 is 0 Å². The van der Waals surface area contributed by atoms with Crippen LogP contribution in [-0.2, 0) is 0 Å². The van der Waals surface area contributed by atoms with E-state index in [1.807, 2.05) is 0 Å². The molecular formula is C18H13FN2O3. The number of rotatable bonds is 4. The molecule has 1 amide bonds. The lowest BCUT2D eigenvalue weighted by atomic mass is 10.0. The zero-order chi connectivity index (χ0) is 17.1. The summed E-state index contributed by atoms with van der Waals surface area (Å²) in [6.07, 6.45) is 1.34. The molecule has 0 aliphatic carbocycles. The summed E-state index contributed by atoms with van der Waals surface area (Å²) in [5.41, 5.74) is 1.73. The van der Waals surface area contributed by atoms with Crippen LogP contribution in [0, 0.1) is 12.7 Å². The van der Waals surface area contributed by atoms with Crippen LogP contribution in [0.1, 0.15) is 32.0 Å². The van der Waals surface area contributed by atoms with Crippen molar-refractivity contribution in [1.82, 2.24) is 5.16 Å². The number of hydrogen-bond acceptors (Lipinski definition) is 4. The summed E-state index contributed by atoms with van der Waals surface area (Å²) >= 11 is 0. The van der Waals surface area contributed by atoms with Gasteiger partial charge in [0.2, 0.25) is 0 Å². The number of ketones is 1. The molecule has 24 heavy (non-hydrogen) atoms. The molecule has 0 saturated heterocycles. The Hall–Kier alpha value is -3.28. The van der Waals surface area contributed by atoms with E-state index in [0.29, 0.717) is 28.1 Å². The van der Waals surface area contributed by atoms with E-state index in [9.17, 15) is 14.0 Å². The van der Waals surface area contributed by atoms with E-state index < -0.39 is 5.82 Å². The molecule has 0 aliphatic heterocycles. The average Bonchev–Trinajstić information content (AvgIpc) is 3.02. The Morgan fingerprint density at radius 2 is 1.58 bits per heavy atom. The maximum atomic E-state index is 12.9. The minimum Gasteiger partial charge on any atom is -0.361 e. The topological polar surface area (TPSA) is 72.2 Å². The van der Waals surface area contributed by atoms with E-state index in [4.69, 9.17) is 4.52 Å². The Morgan fingerprint density at radius 1 is 1.00 bits per heavy atom. The van der Waals surface area contributed by atoms with Crippen LogP contribution in [0.3, 0.4) is 0 Å². The maximum absolute atomic E-state index is 12.9. The van der Waals surface area contributed by atoms with Gasteiger partial charge in [0.05, 0.1) is 6.20 Å². The molecule has 0 bridgehead atoms. The number of aryl methyl sites for hydroxylation is 1. The van der Waals surface area contributed by atoms with E-state index in [2.05, 4.69) is 10.5 Å². The Kier molecular flexibility index (Phi) is 4.20. The molecule has 0 spiro atoms. The molecule has 0 aliphatic rings. The van der Waals surface area contributed by atoms with Gasteiger partial charge in [-0.15, -0.1) is 0 Å². The molecule has 6 heteroatoms. The zero-order valence-corrected chi connectivity index (χ0v) is 12.7. The normalized spacial score (nSPS) is 10.4. The highest BCUT2D eigenvalue weighted by Gasteiger charge is 2.14. The average molecular weight is 324 g/mol. The standard InChI is InChI=1S/C18H13FN2O3/c1-11-16(10-20-24-11)18(23)21-15-8-4-13(5-9-15)17(22)12-2-6-14(19)7-3-12/h2-10H,1H3,(H,21,23). The Labute approximate surface area is 137 Å². The summed E-state index contributed by atoms with van der Waals surface area (Å²) < 4.78 is 17.8. The molecule has 1 aromatic heterocycles. The summed E-state index contributed by atoms with van der Waals surface area (Å²) in [4.78, 5) is 24.3. The molecular weight excluding hydrogens is 311 g/mol. The van der Waals surface area contributed by atoms with Crippen LogP contribution in [-0.4, -0.2) is 16.8 Å². The number of nitrogens with one attached hydrogen (secondary N) is 1. The van der Waals surface area contributed by atoms with Gasteiger partial charge in [0.15, 0.2) is 5.78 Å². The van der Waals surface area contributed by atoms with E-state index >= 15 is 0 Å². The number of carbonyl (C=O) groups is 2. The van der Waals surface area contributed by atoms with Gasteiger partial charge in [-0.05, 0) is 55.5 Å². The second-order valence-corrected chi connectivity index (χ2v) is 5.16. The fraction of sp³-hybridized carbons (Fsp3) is 0.0556. The van der Waals surface area contributed by atoms with Gasteiger partial charge in [0, 0.05) is 16.8 Å². The van der Waals surface area contributed by atoms with Crippen molar-refractivity contribution in [3.05, 3.63) is 83.0 Å². The Balaban J connectivity index is 1.73. The lowest BCUT2D eigenvalue weighted by Gasteiger charge is -2.06. The first kappa shape index (κ1) is 15.6.